The molecule has 0 unspecified atom stereocenters. The third-order valence-corrected chi connectivity index (χ3v) is 6.24. The van der Waals surface area contributed by atoms with Crippen LogP contribution in [-0.4, -0.2) is 27.2 Å². The summed E-state index contributed by atoms with van der Waals surface area (Å²) in [6, 6.07) is 16.6. The molecule has 6 nitrogen and oxygen atoms in total. The summed E-state index contributed by atoms with van der Waals surface area (Å²) in [5.74, 6) is 0.321. The molecule has 1 atom stereocenters. The summed E-state index contributed by atoms with van der Waals surface area (Å²) >= 11 is 0. The number of ether oxygens (including phenoxy) is 1. The fourth-order valence-corrected chi connectivity index (χ4v) is 4.55. The van der Waals surface area contributed by atoms with Crippen molar-refractivity contribution in [2.75, 3.05) is 11.9 Å². The van der Waals surface area contributed by atoms with E-state index in [1.807, 2.05) is 37.3 Å². The molecule has 0 spiro atoms. The number of imidazole rings is 1. The van der Waals surface area contributed by atoms with Gasteiger partial charge in [-0.25, -0.2) is 9.37 Å². The maximum Gasteiger partial charge on any atom is 0.304 e. The first kappa shape index (κ1) is 21.0. The molecule has 0 saturated heterocycles. The number of nitrogens with one attached hydrogen (secondary N) is 1. The quantitative estimate of drug-likeness (QED) is 0.419. The van der Waals surface area contributed by atoms with E-state index >= 15 is 0 Å². The number of carboxylic acids is 1. The Morgan fingerprint density at radius 1 is 1.21 bits per heavy atom. The molecule has 33 heavy (non-hydrogen) atoms. The van der Waals surface area contributed by atoms with Gasteiger partial charge in [-0.1, -0.05) is 18.2 Å². The molecule has 0 saturated carbocycles. The van der Waals surface area contributed by atoms with Crippen LogP contribution in [0.2, 0.25) is 0 Å². The average molecular weight is 445 g/mol. The van der Waals surface area contributed by atoms with E-state index in [2.05, 4.69) is 27.9 Å². The summed E-state index contributed by atoms with van der Waals surface area (Å²) in [6.07, 6.45) is 0.0702. The first-order valence-electron chi connectivity index (χ1n) is 10.9. The fraction of sp³-hybridized carbons (Fsp3) is 0.231. The molecule has 5 rings (SSSR count). The van der Waals surface area contributed by atoms with E-state index in [4.69, 9.17) is 9.84 Å². The number of carboxylic acid groups (broad SMARTS) is 1. The zero-order valence-electron chi connectivity index (χ0n) is 18.4. The van der Waals surface area contributed by atoms with Crippen molar-refractivity contribution in [2.24, 2.45) is 0 Å². The van der Waals surface area contributed by atoms with Crippen LogP contribution < -0.4 is 10.1 Å². The number of rotatable bonds is 6. The minimum absolute atomic E-state index is 0.0702. The number of nitrogens with zero attached hydrogens (tertiary/aromatic N) is 2. The standard InChI is InChI=1S/C26H24FN3O3/c1-15-17(13-28-20-7-8-21-18(10-26(31)32)14-33-25(21)12-20)4-3-5-23(15)30-16(2)29-22-11-19(27)6-9-24(22)30/h3-9,11-12,18,28H,10,13-14H2,1-2H3,(H,31,32)/t18-/m1/s1. The molecule has 1 aliphatic rings. The van der Waals surface area contributed by atoms with Gasteiger partial charge in [-0.15, -0.1) is 0 Å². The molecule has 0 amide bonds. The second-order valence-electron chi connectivity index (χ2n) is 8.40. The predicted octanol–water partition coefficient (Wildman–Crippen LogP) is 5.34. The highest BCUT2D eigenvalue weighted by Gasteiger charge is 2.26. The number of hydrogen-bond donors (Lipinski definition) is 2. The van der Waals surface area contributed by atoms with Gasteiger partial charge in [0.1, 0.15) is 17.4 Å². The molecule has 2 N–H and O–H groups in total. The van der Waals surface area contributed by atoms with E-state index in [-0.39, 0.29) is 18.2 Å². The lowest BCUT2D eigenvalue weighted by atomic mass is 9.98. The van der Waals surface area contributed by atoms with Crippen LogP contribution in [0.25, 0.3) is 16.7 Å². The molecular weight excluding hydrogens is 421 g/mol. The number of aliphatic carboxylic acids is 1. The van der Waals surface area contributed by atoms with Gasteiger partial charge in [0, 0.05) is 35.8 Å². The second kappa shape index (κ2) is 8.24. The summed E-state index contributed by atoms with van der Waals surface area (Å²) in [7, 11) is 0. The summed E-state index contributed by atoms with van der Waals surface area (Å²) < 4.78 is 21.4. The molecule has 1 aromatic heterocycles. The Morgan fingerprint density at radius 2 is 2.06 bits per heavy atom. The minimum atomic E-state index is -0.819. The number of hydrogen-bond acceptors (Lipinski definition) is 4. The molecule has 0 bridgehead atoms. The van der Waals surface area contributed by atoms with Crippen LogP contribution in [0.3, 0.4) is 0 Å². The van der Waals surface area contributed by atoms with E-state index in [0.29, 0.717) is 18.7 Å². The number of fused-ring (bicyclic) bond motifs is 2. The van der Waals surface area contributed by atoms with Gasteiger partial charge in [0.05, 0.1) is 29.7 Å². The zero-order valence-corrected chi connectivity index (χ0v) is 18.4. The highest BCUT2D eigenvalue weighted by Crippen LogP contribution is 2.37. The predicted molar refractivity (Wildman–Crippen MR) is 125 cm³/mol. The molecule has 4 aromatic rings. The molecule has 3 aromatic carbocycles. The van der Waals surface area contributed by atoms with Crippen LogP contribution in [0.1, 0.15) is 34.9 Å². The van der Waals surface area contributed by atoms with Gasteiger partial charge in [0.2, 0.25) is 0 Å². The minimum Gasteiger partial charge on any atom is -0.493 e. The average Bonchev–Trinajstić information content (AvgIpc) is 3.32. The Bertz CT molecular complexity index is 1380. The van der Waals surface area contributed by atoms with Crippen molar-refractivity contribution in [1.82, 2.24) is 9.55 Å². The molecule has 0 aliphatic carbocycles. The topological polar surface area (TPSA) is 76.4 Å². The molecule has 7 heteroatoms. The van der Waals surface area contributed by atoms with Crippen LogP contribution >= 0.6 is 0 Å². The number of aromatic nitrogens is 2. The van der Waals surface area contributed by atoms with Crippen LogP contribution in [0, 0.1) is 19.7 Å². The van der Waals surface area contributed by atoms with E-state index in [1.165, 1.54) is 12.1 Å². The maximum absolute atomic E-state index is 13.7. The lowest BCUT2D eigenvalue weighted by molar-refractivity contribution is -0.137. The summed E-state index contributed by atoms with van der Waals surface area (Å²) in [5.41, 5.74) is 6.60. The Kier molecular flexibility index (Phi) is 5.24. The largest absolute Gasteiger partial charge is 0.493 e. The normalized spacial score (nSPS) is 14.8. The number of halogens is 1. The molecule has 168 valence electrons. The Labute approximate surface area is 190 Å². The Hall–Kier alpha value is -3.87. The van der Waals surface area contributed by atoms with Crippen LogP contribution in [0.4, 0.5) is 10.1 Å². The van der Waals surface area contributed by atoms with Gasteiger partial charge in [-0.2, -0.15) is 0 Å². The van der Waals surface area contributed by atoms with Crippen molar-refractivity contribution in [2.45, 2.75) is 32.7 Å². The monoisotopic (exact) mass is 445 g/mol. The summed E-state index contributed by atoms with van der Waals surface area (Å²) in [5, 5.41) is 12.5. The van der Waals surface area contributed by atoms with Crippen molar-refractivity contribution in [3.8, 4) is 11.4 Å². The lowest BCUT2D eigenvalue weighted by Gasteiger charge is -2.16. The van der Waals surface area contributed by atoms with E-state index in [1.54, 1.807) is 6.07 Å². The third kappa shape index (κ3) is 3.91. The van der Waals surface area contributed by atoms with Gasteiger partial charge in [0.25, 0.3) is 0 Å². The van der Waals surface area contributed by atoms with E-state index < -0.39 is 5.97 Å². The summed E-state index contributed by atoms with van der Waals surface area (Å²) in [4.78, 5) is 15.6. The molecule has 2 heterocycles. The Balaban J connectivity index is 1.39. The maximum atomic E-state index is 13.7. The van der Waals surface area contributed by atoms with E-state index in [0.717, 1.165) is 45.2 Å². The van der Waals surface area contributed by atoms with Crippen molar-refractivity contribution in [3.63, 3.8) is 0 Å². The fourth-order valence-electron chi connectivity index (χ4n) is 4.55. The number of anilines is 1. The van der Waals surface area contributed by atoms with E-state index in [9.17, 15) is 9.18 Å². The second-order valence-corrected chi connectivity index (χ2v) is 8.40. The number of aryl methyl sites for hydroxylation is 1. The van der Waals surface area contributed by atoms with Crippen molar-refractivity contribution < 1.29 is 19.0 Å². The van der Waals surface area contributed by atoms with Gasteiger partial charge in [0.15, 0.2) is 0 Å². The number of benzene rings is 3. The molecule has 1 aliphatic heterocycles. The summed E-state index contributed by atoms with van der Waals surface area (Å²) in [6.45, 7) is 5.00. The zero-order chi connectivity index (χ0) is 23.1. The van der Waals surface area contributed by atoms with Crippen molar-refractivity contribution in [3.05, 3.63) is 82.9 Å². The molecule has 0 fully saturated rings. The number of carbonyl (C=O) groups is 1. The SMILES string of the molecule is Cc1c(CNc2ccc3c(c2)OC[C@H]3CC(=O)O)cccc1-n1c(C)nc2cc(F)ccc21. The van der Waals surface area contributed by atoms with Gasteiger partial charge < -0.3 is 15.2 Å². The van der Waals surface area contributed by atoms with Crippen LogP contribution in [0.5, 0.6) is 5.75 Å². The highest BCUT2D eigenvalue weighted by atomic mass is 19.1. The highest BCUT2D eigenvalue weighted by molar-refractivity contribution is 5.79. The van der Waals surface area contributed by atoms with Gasteiger partial charge >= 0.3 is 5.97 Å². The van der Waals surface area contributed by atoms with Crippen molar-refractivity contribution >= 4 is 22.7 Å². The third-order valence-electron chi connectivity index (χ3n) is 6.24. The van der Waals surface area contributed by atoms with Crippen LogP contribution in [-0.2, 0) is 11.3 Å². The first-order chi connectivity index (χ1) is 15.9. The van der Waals surface area contributed by atoms with Crippen LogP contribution in [0.15, 0.2) is 54.6 Å². The van der Waals surface area contributed by atoms with Gasteiger partial charge in [-0.3, -0.25) is 9.36 Å². The van der Waals surface area contributed by atoms with Crippen molar-refractivity contribution in [1.29, 1.82) is 0 Å². The molecular formula is C26H24FN3O3. The Morgan fingerprint density at radius 3 is 2.88 bits per heavy atom. The van der Waals surface area contributed by atoms with Gasteiger partial charge in [-0.05, 0) is 49.2 Å². The first-order valence-corrected chi connectivity index (χ1v) is 10.9. The lowest BCUT2D eigenvalue weighted by Crippen LogP contribution is -2.07. The molecule has 0 radical (unpaired) electrons. The smallest absolute Gasteiger partial charge is 0.304 e.